The van der Waals surface area contributed by atoms with Crippen molar-refractivity contribution in [3.8, 4) is 6.07 Å². The molecule has 0 heterocycles. The predicted octanol–water partition coefficient (Wildman–Crippen LogP) is 3.38. The molecule has 6 heteroatoms. The first kappa shape index (κ1) is 14.0. The highest BCUT2D eigenvalue weighted by atomic mass is 32.1. The summed E-state index contributed by atoms with van der Waals surface area (Å²) in [5, 5.41) is 11.3. The molecule has 0 saturated carbocycles. The fraction of sp³-hybridized carbons (Fsp3) is 0. The molecule has 0 fully saturated rings. The quantitative estimate of drug-likeness (QED) is 0.833. The highest BCUT2D eigenvalue weighted by molar-refractivity contribution is 7.80. The summed E-state index contributed by atoms with van der Waals surface area (Å²) in [7, 11) is 0. The van der Waals surface area contributed by atoms with Gasteiger partial charge in [0.2, 0.25) is 0 Å². The topological polar surface area (TPSA) is 52.9 Å². The first-order valence-corrected chi connectivity index (χ1v) is 5.96. The van der Waals surface area contributed by atoms with E-state index in [0.29, 0.717) is 0 Å². The molecule has 0 atom stereocenters. The summed E-state index contributed by atoms with van der Waals surface area (Å²) in [6, 6.07) is 9.21. The fourth-order valence-electron chi connectivity index (χ4n) is 1.59. The summed E-state index contributed by atoms with van der Waals surface area (Å²) < 4.78 is 26.4. The summed E-state index contributed by atoms with van der Waals surface area (Å²) in [6.07, 6.45) is 0. The molecule has 0 bridgehead atoms. The summed E-state index contributed by atoms with van der Waals surface area (Å²) >= 11 is 3.88. The molecule has 0 radical (unpaired) electrons. The zero-order valence-corrected chi connectivity index (χ0v) is 10.9. The maximum atomic E-state index is 13.4. The lowest BCUT2D eigenvalue weighted by atomic mass is 10.1. The van der Waals surface area contributed by atoms with Gasteiger partial charge in [0, 0.05) is 10.5 Å². The number of nitrogens with zero attached hydrogens (tertiary/aromatic N) is 1. The van der Waals surface area contributed by atoms with Crippen LogP contribution in [0.4, 0.5) is 14.5 Å². The lowest BCUT2D eigenvalue weighted by Crippen LogP contribution is -2.13. The summed E-state index contributed by atoms with van der Waals surface area (Å²) in [5.74, 6) is -1.85. The van der Waals surface area contributed by atoms with Gasteiger partial charge in [0.05, 0.1) is 5.69 Å². The van der Waals surface area contributed by atoms with Crippen molar-refractivity contribution in [2.75, 3.05) is 5.32 Å². The van der Waals surface area contributed by atoms with E-state index in [-0.39, 0.29) is 21.7 Å². The van der Waals surface area contributed by atoms with Crippen molar-refractivity contribution in [2.45, 2.75) is 4.90 Å². The van der Waals surface area contributed by atoms with Crippen molar-refractivity contribution in [1.29, 1.82) is 5.26 Å². The fourth-order valence-corrected chi connectivity index (χ4v) is 1.80. The number of carbonyl (C=O) groups is 1. The van der Waals surface area contributed by atoms with Crippen LogP contribution in [0.15, 0.2) is 41.3 Å². The Labute approximate surface area is 119 Å². The number of thiol groups is 1. The lowest BCUT2D eigenvalue weighted by molar-refractivity contribution is 0.102. The number of nitrogens with one attached hydrogen (secondary N) is 1. The van der Waals surface area contributed by atoms with Gasteiger partial charge < -0.3 is 5.32 Å². The summed E-state index contributed by atoms with van der Waals surface area (Å²) in [4.78, 5) is 12.0. The third kappa shape index (κ3) is 2.78. The van der Waals surface area contributed by atoms with Gasteiger partial charge in [-0.05, 0) is 30.3 Å². The molecule has 1 N–H and O–H groups in total. The van der Waals surface area contributed by atoms with E-state index in [4.69, 9.17) is 5.26 Å². The number of rotatable bonds is 2. The Bertz CT molecular complexity index is 726. The molecule has 0 aliphatic carbocycles. The Kier molecular flexibility index (Phi) is 4.01. The number of nitriles is 1. The Morgan fingerprint density at radius 2 is 1.95 bits per heavy atom. The second-order valence-electron chi connectivity index (χ2n) is 3.89. The van der Waals surface area contributed by atoms with Crippen LogP contribution in [0.3, 0.4) is 0 Å². The summed E-state index contributed by atoms with van der Waals surface area (Å²) in [6.45, 7) is 0. The molecule has 2 aromatic carbocycles. The third-order valence-electron chi connectivity index (χ3n) is 2.58. The van der Waals surface area contributed by atoms with Gasteiger partial charge in [0.1, 0.15) is 23.3 Å². The van der Waals surface area contributed by atoms with Crippen molar-refractivity contribution < 1.29 is 13.6 Å². The number of carbonyl (C=O) groups excluding carboxylic acids is 1. The third-order valence-corrected chi connectivity index (χ3v) is 2.92. The monoisotopic (exact) mass is 290 g/mol. The minimum Gasteiger partial charge on any atom is -0.321 e. The number of hydrogen-bond donors (Lipinski definition) is 2. The molecule has 1 amide bonds. The van der Waals surface area contributed by atoms with Gasteiger partial charge in [-0.25, -0.2) is 8.78 Å². The van der Waals surface area contributed by atoms with Gasteiger partial charge in [-0.1, -0.05) is 6.07 Å². The molecule has 20 heavy (non-hydrogen) atoms. The highest BCUT2D eigenvalue weighted by Gasteiger charge is 2.13. The van der Waals surface area contributed by atoms with Crippen LogP contribution < -0.4 is 5.32 Å². The van der Waals surface area contributed by atoms with E-state index in [0.717, 1.165) is 12.1 Å². The molecular weight excluding hydrogens is 282 g/mol. The van der Waals surface area contributed by atoms with Gasteiger partial charge >= 0.3 is 0 Å². The molecule has 0 unspecified atom stereocenters. The standard InChI is InChI=1S/C14H8F2N2OS/c15-10-2-1-3-12(9(10)7-17)18-14(19)8-4-5-11(16)13(20)6-8/h1-6,20H,(H,18,19). The van der Waals surface area contributed by atoms with E-state index in [1.807, 2.05) is 0 Å². The number of hydrogen-bond acceptors (Lipinski definition) is 3. The van der Waals surface area contributed by atoms with E-state index in [9.17, 15) is 13.6 Å². The molecule has 100 valence electrons. The Balaban J connectivity index is 2.31. The van der Waals surface area contributed by atoms with Gasteiger partial charge in [0.15, 0.2) is 0 Å². The highest BCUT2D eigenvalue weighted by Crippen LogP contribution is 2.20. The normalized spacial score (nSPS) is 9.90. The maximum absolute atomic E-state index is 13.4. The number of benzene rings is 2. The number of amides is 1. The van der Waals surface area contributed by atoms with Crippen molar-refractivity contribution in [1.82, 2.24) is 0 Å². The molecular formula is C14H8F2N2OS. The molecule has 2 aromatic rings. The Hall–Kier alpha value is -2.39. The van der Waals surface area contributed by atoms with Gasteiger partial charge in [-0.15, -0.1) is 12.6 Å². The Morgan fingerprint density at radius 3 is 2.60 bits per heavy atom. The van der Waals surface area contributed by atoms with E-state index in [2.05, 4.69) is 17.9 Å². The Morgan fingerprint density at radius 1 is 1.20 bits per heavy atom. The van der Waals surface area contributed by atoms with Crippen LogP contribution in [0.5, 0.6) is 0 Å². The van der Waals surface area contributed by atoms with Crippen molar-refractivity contribution in [2.24, 2.45) is 0 Å². The number of halogens is 2. The molecule has 0 spiro atoms. The van der Waals surface area contributed by atoms with Gasteiger partial charge in [-0.2, -0.15) is 5.26 Å². The van der Waals surface area contributed by atoms with Crippen LogP contribution in [-0.4, -0.2) is 5.91 Å². The van der Waals surface area contributed by atoms with E-state index < -0.39 is 17.5 Å². The lowest BCUT2D eigenvalue weighted by Gasteiger charge is -2.08. The van der Waals surface area contributed by atoms with E-state index >= 15 is 0 Å². The van der Waals surface area contributed by atoms with Gasteiger partial charge in [0.25, 0.3) is 5.91 Å². The van der Waals surface area contributed by atoms with Crippen LogP contribution in [0.2, 0.25) is 0 Å². The second-order valence-corrected chi connectivity index (χ2v) is 4.38. The first-order chi connectivity index (χ1) is 9.52. The van der Waals surface area contributed by atoms with Crippen LogP contribution in [0.1, 0.15) is 15.9 Å². The summed E-state index contributed by atoms with van der Waals surface area (Å²) in [5.41, 5.74) is -0.0406. The molecule has 3 nitrogen and oxygen atoms in total. The van der Waals surface area contributed by atoms with Crippen LogP contribution in [0, 0.1) is 23.0 Å². The maximum Gasteiger partial charge on any atom is 0.255 e. The smallest absolute Gasteiger partial charge is 0.255 e. The minimum absolute atomic E-state index is 0.0254. The van der Waals surface area contributed by atoms with E-state index in [1.165, 1.54) is 24.3 Å². The average molecular weight is 290 g/mol. The molecule has 0 saturated heterocycles. The molecule has 2 rings (SSSR count). The predicted molar refractivity (Wildman–Crippen MR) is 72.7 cm³/mol. The molecule has 0 aliphatic heterocycles. The zero-order chi connectivity index (χ0) is 14.7. The van der Waals surface area contributed by atoms with E-state index in [1.54, 1.807) is 6.07 Å². The van der Waals surface area contributed by atoms with Crippen LogP contribution >= 0.6 is 12.6 Å². The van der Waals surface area contributed by atoms with Crippen LogP contribution in [-0.2, 0) is 0 Å². The van der Waals surface area contributed by atoms with Crippen molar-refractivity contribution in [3.05, 3.63) is 59.2 Å². The van der Waals surface area contributed by atoms with Crippen LogP contribution in [0.25, 0.3) is 0 Å². The first-order valence-electron chi connectivity index (χ1n) is 5.51. The van der Waals surface area contributed by atoms with Gasteiger partial charge in [-0.3, -0.25) is 4.79 Å². The SMILES string of the molecule is N#Cc1c(F)cccc1NC(=O)c1ccc(F)c(S)c1. The molecule has 0 aliphatic rings. The zero-order valence-electron chi connectivity index (χ0n) is 10.0. The molecule has 0 aromatic heterocycles. The number of anilines is 1. The largest absolute Gasteiger partial charge is 0.321 e. The minimum atomic E-state index is -0.723. The average Bonchev–Trinajstić information content (AvgIpc) is 2.42. The van der Waals surface area contributed by atoms with Crippen molar-refractivity contribution >= 4 is 24.2 Å². The van der Waals surface area contributed by atoms with Crippen molar-refractivity contribution in [3.63, 3.8) is 0 Å². The second kappa shape index (κ2) is 5.72.